The van der Waals surface area contributed by atoms with Crippen molar-refractivity contribution in [3.8, 4) is 23.5 Å². The molecule has 0 atom stereocenters. The minimum absolute atomic E-state index is 0.114. The summed E-state index contributed by atoms with van der Waals surface area (Å²) < 4.78 is 3.10. The molecule has 2 heterocycles. The Balaban J connectivity index is 1.42. The fourth-order valence-corrected chi connectivity index (χ4v) is 4.94. The van der Waals surface area contributed by atoms with E-state index in [0.717, 1.165) is 33.4 Å². The predicted octanol–water partition coefficient (Wildman–Crippen LogP) is 4.30. The molecule has 6 nitrogen and oxygen atoms in total. The van der Waals surface area contributed by atoms with Gasteiger partial charge in [0.05, 0.1) is 13.1 Å². The second-order valence-corrected chi connectivity index (χ2v) is 9.06. The lowest BCUT2D eigenvalue weighted by Crippen LogP contribution is -2.02. The van der Waals surface area contributed by atoms with Crippen LogP contribution in [-0.2, 0) is 38.8 Å². The lowest BCUT2D eigenvalue weighted by Gasteiger charge is -2.11. The van der Waals surface area contributed by atoms with E-state index < -0.39 is 0 Å². The number of aromatic hydroxyl groups is 4. The van der Waals surface area contributed by atoms with Crippen LogP contribution >= 0.6 is 0 Å². The summed E-state index contributed by atoms with van der Waals surface area (Å²) in [5, 5.41) is 42.8. The van der Waals surface area contributed by atoms with Crippen LogP contribution in [0.2, 0.25) is 0 Å². The van der Waals surface area contributed by atoms with E-state index in [1.54, 1.807) is 9.13 Å². The van der Waals surface area contributed by atoms with Gasteiger partial charge in [0.15, 0.2) is 23.5 Å². The first-order chi connectivity index (χ1) is 15.3. The minimum Gasteiger partial charge on any atom is -0.494 e. The maximum atomic E-state index is 10.7. The molecule has 0 fully saturated rings. The summed E-state index contributed by atoms with van der Waals surface area (Å²) in [5.74, 6) is 0.462. The van der Waals surface area contributed by atoms with Crippen LogP contribution in [0.25, 0.3) is 0 Å². The summed E-state index contributed by atoms with van der Waals surface area (Å²) in [4.78, 5) is 0. The Kier molecular flexibility index (Phi) is 4.81. The third-order valence-corrected chi connectivity index (χ3v) is 6.72. The zero-order chi connectivity index (χ0) is 22.6. The fraction of sp³-hybridized carbons (Fsp3) is 0.308. The van der Waals surface area contributed by atoms with E-state index in [0.29, 0.717) is 38.8 Å². The highest BCUT2D eigenvalue weighted by atomic mass is 16.3. The van der Waals surface area contributed by atoms with Crippen LogP contribution in [0, 0.1) is 0 Å². The van der Waals surface area contributed by atoms with Crippen molar-refractivity contribution in [2.45, 2.75) is 52.6 Å². The van der Waals surface area contributed by atoms with Gasteiger partial charge >= 0.3 is 0 Å². The lowest BCUT2D eigenvalue weighted by molar-refractivity contribution is 0.374. The standard InChI is InChI=1S/C26H28N2O4/c1-15-6-8-19-21(10-15)25(31)27(23(19)29)13-17-4-3-5-18(12-17)14-28-24(30)20-9-7-16(2)11-22(20)26(28)32/h3-7,12,29-32H,8-11,13-14H2,1-2H3. The van der Waals surface area contributed by atoms with E-state index in [9.17, 15) is 20.4 Å². The van der Waals surface area contributed by atoms with Gasteiger partial charge in [-0.3, -0.25) is 9.13 Å². The molecule has 0 amide bonds. The summed E-state index contributed by atoms with van der Waals surface area (Å²) in [6.45, 7) is 4.73. The van der Waals surface area contributed by atoms with Crippen molar-refractivity contribution in [1.82, 2.24) is 9.13 Å². The van der Waals surface area contributed by atoms with Gasteiger partial charge in [-0.1, -0.05) is 47.6 Å². The lowest BCUT2D eigenvalue weighted by atomic mass is 9.96. The summed E-state index contributed by atoms with van der Waals surface area (Å²) in [6.07, 6.45) is 6.70. The Labute approximate surface area is 187 Å². The van der Waals surface area contributed by atoms with Crippen LogP contribution < -0.4 is 0 Å². The largest absolute Gasteiger partial charge is 0.494 e. The van der Waals surface area contributed by atoms with Crippen LogP contribution in [-0.4, -0.2) is 29.6 Å². The molecule has 0 radical (unpaired) electrons. The first kappa shape index (κ1) is 20.4. The van der Waals surface area contributed by atoms with Crippen molar-refractivity contribution < 1.29 is 20.4 Å². The molecule has 0 saturated heterocycles. The number of hydrogen-bond donors (Lipinski definition) is 4. The van der Waals surface area contributed by atoms with Crippen molar-refractivity contribution >= 4 is 0 Å². The first-order valence-corrected chi connectivity index (χ1v) is 11.0. The third kappa shape index (κ3) is 3.27. The van der Waals surface area contributed by atoms with Crippen LogP contribution in [0.5, 0.6) is 23.5 Å². The molecule has 1 aromatic carbocycles. The highest BCUT2D eigenvalue weighted by molar-refractivity contribution is 5.52. The molecule has 0 spiro atoms. The Morgan fingerprint density at radius 1 is 0.656 bits per heavy atom. The molecule has 166 valence electrons. The Bertz CT molecular complexity index is 1190. The SMILES string of the molecule is CC1=CCc2c(c(O)n(Cc3cccc(Cn4c(O)c5c(c4O)CC(C)=CC5)c3)c2O)C1. The summed E-state index contributed by atoms with van der Waals surface area (Å²) in [6, 6.07) is 7.77. The molecule has 4 N–H and O–H groups in total. The van der Waals surface area contributed by atoms with E-state index in [2.05, 4.69) is 12.2 Å². The van der Waals surface area contributed by atoms with Crippen molar-refractivity contribution in [3.05, 3.63) is 80.9 Å². The van der Waals surface area contributed by atoms with E-state index in [-0.39, 0.29) is 23.5 Å². The van der Waals surface area contributed by atoms with Gasteiger partial charge < -0.3 is 20.4 Å². The molecule has 6 heteroatoms. The van der Waals surface area contributed by atoms with E-state index >= 15 is 0 Å². The van der Waals surface area contributed by atoms with Crippen LogP contribution in [0.15, 0.2) is 47.6 Å². The van der Waals surface area contributed by atoms with Gasteiger partial charge in [-0.15, -0.1) is 0 Å². The molecule has 5 rings (SSSR count). The van der Waals surface area contributed by atoms with E-state index in [1.165, 1.54) is 11.1 Å². The molecular weight excluding hydrogens is 404 g/mol. The fourth-order valence-electron chi connectivity index (χ4n) is 4.94. The molecule has 3 aromatic rings. The van der Waals surface area contributed by atoms with Gasteiger partial charge in [0.2, 0.25) is 0 Å². The number of nitrogens with zero attached hydrogens (tertiary/aromatic N) is 2. The van der Waals surface area contributed by atoms with Crippen LogP contribution in [0.4, 0.5) is 0 Å². The van der Waals surface area contributed by atoms with Crippen molar-refractivity contribution in [2.24, 2.45) is 0 Å². The van der Waals surface area contributed by atoms with Gasteiger partial charge in [-0.2, -0.15) is 0 Å². The van der Waals surface area contributed by atoms with Crippen LogP contribution in [0.3, 0.4) is 0 Å². The Morgan fingerprint density at radius 2 is 1.06 bits per heavy atom. The number of rotatable bonds is 4. The Hall–Kier alpha value is -3.54. The molecule has 0 aliphatic heterocycles. The van der Waals surface area contributed by atoms with Gasteiger partial charge in [0.1, 0.15) is 0 Å². The van der Waals surface area contributed by atoms with E-state index in [4.69, 9.17) is 0 Å². The number of benzene rings is 1. The number of hydrogen-bond acceptors (Lipinski definition) is 4. The van der Waals surface area contributed by atoms with Gasteiger partial charge in [0.25, 0.3) is 0 Å². The average Bonchev–Trinajstić information content (AvgIpc) is 3.14. The highest BCUT2D eigenvalue weighted by Crippen LogP contribution is 2.40. The number of fused-ring (bicyclic) bond motifs is 2. The van der Waals surface area contributed by atoms with Crippen molar-refractivity contribution in [1.29, 1.82) is 0 Å². The molecule has 2 aliphatic rings. The third-order valence-electron chi connectivity index (χ3n) is 6.72. The minimum atomic E-state index is 0.114. The molecule has 2 aliphatic carbocycles. The zero-order valence-electron chi connectivity index (χ0n) is 18.4. The van der Waals surface area contributed by atoms with Crippen molar-refractivity contribution in [2.75, 3.05) is 0 Å². The quantitative estimate of drug-likeness (QED) is 0.463. The monoisotopic (exact) mass is 432 g/mol. The first-order valence-electron chi connectivity index (χ1n) is 11.0. The summed E-state index contributed by atoms with van der Waals surface area (Å²) >= 11 is 0. The van der Waals surface area contributed by atoms with Crippen molar-refractivity contribution in [3.63, 3.8) is 0 Å². The topological polar surface area (TPSA) is 90.8 Å². The number of allylic oxidation sites excluding steroid dienone is 4. The maximum Gasteiger partial charge on any atom is 0.198 e. The normalized spacial score (nSPS) is 15.2. The smallest absolute Gasteiger partial charge is 0.198 e. The van der Waals surface area contributed by atoms with Crippen LogP contribution in [0.1, 0.15) is 47.2 Å². The summed E-state index contributed by atoms with van der Waals surface area (Å²) in [5.41, 5.74) is 7.39. The highest BCUT2D eigenvalue weighted by Gasteiger charge is 2.25. The Morgan fingerprint density at radius 3 is 1.50 bits per heavy atom. The maximum absolute atomic E-state index is 10.7. The zero-order valence-corrected chi connectivity index (χ0v) is 18.4. The second kappa shape index (κ2) is 7.55. The van der Waals surface area contributed by atoms with Gasteiger partial charge in [-0.25, -0.2) is 0 Å². The molecule has 0 bridgehead atoms. The number of aromatic nitrogens is 2. The molecule has 0 saturated carbocycles. The van der Waals surface area contributed by atoms with Gasteiger partial charge in [0, 0.05) is 22.3 Å². The van der Waals surface area contributed by atoms with Gasteiger partial charge in [-0.05, 0) is 50.7 Å². The predicted molar refractivity (Wildman–Crippen MR) is 122 cm³/mol. The second-order valence-electron chi connectivity index (χ2n) is 9.06. The van der Waals surface area contributed by atoms with E-state index in [1.807, 2.05) is 38.1 Å². The molecular formula is C26H28N2O4. The summed E-state index contributed by atoms with van der Waals surface area (Å²) in [7, 11) is 0. The molecule has 0 unspecified atom stereocenters. The molecule has 32 heavy (non-hydrogen) atoms. The average molecular weight is 433 g/mol. The molecule has 2 aromatic heterocycles.